The minimum Gasteiger partial charge on any atom is -0.465 e. The SMILES string of the molecule is Cc1cc2nc(CCC3CCC(Cc4cc5nc(C=Cc6occc6C)n(Cc6ccc(Cl)cc6)c5cc4C)N3)n(Cc3ccc(Cl)cc3)c2cc1C. The van der Waals surface area contributed by atoms with Crippen molar-refractivity contribution in [1.82, 2.24) is 24.4 Å². The average molecular weight is 743 g/mol. The predicted molar refractivity (Wildman–Crippen MR) is 219 cm³/mol. The lowest BCUT2D eigenvalue weighted by molar-refractivity contribution is 0.500. The molecule has 2 atom stereocenters. The third-order valence-electron chi connectivity index (χ3n) is 11.0. The Kier molecular flexibility index (Phi) is 10.0. The topological polar surface area (TPSA) is 60.8 Å². The first-order chi connectivity index (χ1) is 25.7. The number of fused-ring (bicyclic) bond motifs is 2. The van der Waals surface area contributed by atoms with E-state index in [2.05, 4.69) is 96.8 Å². The highest BCUT2D eigenvalue weighted by Crippen LogP contribution is 2.29. The van der Waals surface area contributed by atoms with E-state index in [1.807, 2.05) is 36.4 Å². The lowest BCUT2D eigenvalue weighted by Gasteiger charge is -2.17. The van der Waals surface area contributed by atoms with Crippen LogP contribution >= 0.6 is 23.2 Å². The van der Waals surface area contributed by atoms with Gasteiger partial charge in [0.05, 0.1) is 28.3 Å². The first-order valence-electron chi connectivity index (χ1n) is 18.6. The summed E-state index contributed by atoms with van der Waals surface area (Å²) in [7, 11) is 0. The van der Waals surface area contributed by atoms with Crippen molar-refractivity contribution in [2.24, 2.45) is 0 Å². The summed E-state index contributed by atoms with van der Waals surface area (Å²) < 4.78 is 10.4. The highest BCUT2D eigenvalue weighted by Gasteiger charge is 2.26. The summed E-state index contributed by atoms with van der Waals surface area (Å²) in [5.41, 5.74) is 13.1. The Morgan fingerprint density at radius 3 is 2.02 bits per heavy atom. The number of imidazole rings is 2. The van der Waals surface area contributed by atoms with E-state index in [1.54, 1.807) is 6.26 Å². The molecule has 0 amide bonds. The molecule has 1 N–H and O–H groups in total. The minimum absolute atomic E-state index is 0.423. The Hall–Kier alpha value is -4.62. The van der Waals surface area contributed by atoms with Gasteiger partial charge in [0.25, 0.3) is 0 Å². The van der Waals surface area contributed by atoms with Gasteiger partial charge in [-0.2, -0.15) is 0 Å². The van der Waals surface area contributed by atoms with Gasteiger partial charge in [-0.3, -0.25) is 0 Å². The molecular weight excluding hydrogens is 697 g/mol. The smallest absolute Gasteiger partial charge is 0.134 e. The standard InChI is InChI=1S/C45H45Cl2N5O/c1-28-19-20-53-43(28)16-18-45-50-40-25-34(31(4)23-42(40)52(45)27-33-7-11-36(47)12-8-33)24-38-14-13-37(48-38)15-17-44-49-39-21-29(2)30(3)22-41(39)51(44)26-32-5-9-35(46)10-6-32/h5-12,16,18-23,25,37-38,48H,13-15,17,24,26-27H2,1-4H3. The lowest BCUT2D eigenvalue weighted by Crippen LogP contribution is -2.31. The van der Waals surface area contributed by atoms with E-state index in [0.29, 0.717) is 18.6 Å². The van der Waals surface area contributed by atoms with Crippen molar-refractivity contribution in [1.29, 1.82) is 0 Å². The van der Waals surface area contributed by atoms with E-state index in [9.17, 15) is 0 Å². The van der Waals surface area contributed by atoms with E-state index < -0.39 is 0 Å². The Morgan fingerprint density at radius 2 is 1.32 bits per heavy atom. The lowest BCUT2D eigenvalue weighted by atomic mass is 9.99. The van der Waals surface area contributed by atoms with Crippen LogP contribution in [0, 0.1) is 27.7 Å². The zero-order valence-electron chi connectivity index (χ0n) is 30.8. The molecule has 8 rings (SSSR count). The van der Waals surface area contributed by atoms with Gasteiger partial charge in [-0.25, -0.2) is 9.97 Å². The first kappa shape index (κ1) is 35.4. The Labute approximate surface area is 321 Å². The van der Waals surface area contributed by atoms with E-state index in [1.165, 1.54) is 45.3 Å². The molecule has 0 bridgehead atoms. The maximum absolute atomic E-state index is 6.21. The number of rotatable bonds is 11. The van der Waals surface area contributed by atoms with E-state index in [4.69, 9.17) is 37.6 Å². The zero-order chi connectivity index (χ0) is 36.6. The van der Waals surface area contributed by atoms with Gasteiger partial charge < -0.3 is 18.9 Å². The monoisotopic (exact) mass is 741 g/mol. The molecule has 1 fully saturated rings. The van der Waals surface area contributed by atoms with Crippen LogP contribution in [0.1, 0.15) is 75.6 Å². The molecule has 270 valence electrons. The molecule has 4 heterocycles. The van der Waals surface area contributed by atoms with Crippen molar-refractivity contribution >= 4 is 57.4 Å². The van der Waals surface area contributed by atoms with Crippen LogP contribution in [0.15, 0.2) is 89.5 Å². The molecule has 7 aromatic rings. The molecule has 1 saturated heterocycles. The number of nitrogens with zero attached hydrogens (tertiary/aromatic N) is 4. The molecule has 2 unspecified atom stereocenters. The number of benzene rings is 4. The molecule has 1 aliphatic heterocycles. The van der Waals surface area contributed by atoms with Crippen LogP contribution in [0.4, 0.5) is 0 Å². The summed E-state index contributed by atoms with van der Waals surface area (Å²) in [4.78, 5) is 10.3. The maximum atomic E-state index is 6.21. The highest BCUT2D eigenvalue weighted by molar-refractivity contribution is 6.30. The number of hydrogen-bond acceptors (Lipinski definition) is 4. The van der Waals surface area contributed by atoms with Crippen molar-refractivity contribution < 1.29 is 4.42 Å². The molecule has 0 aliphatic carbocycles. The fourth-order valence-electron chi connectivity index (χ4n) is 7.76. The summed E-state index contributed by atoms with van der Waals surface area (Å²) in [6.45, 7) is 10.1. The first-order valence-corrected chi connectivity index (χ1v) is 19.4. The second-order valence-electron chi connectivity index (χ2n) is 14.8. The zero-order valence-corrected chi connectivity index (χ0v) is 32.3. The van der Waals surface area contributed by atoms with Gasteiger partial charge in [-0.1, -0.05) is 47.5 Å². The third kappa shape index (κ3) is 7.73. The molecular formula is C45H45Cl2N5O. The summed E-state index contributed by atoms with van der Waals surface area (Å²) in [5, 5.41) is 5.49. The van der Waals surface area contributed by atoms with E-state index in [0.717, 1.165) is 81.8 Å². The third-order valence-corrected chi connectivity index (χ3v) is 11.5. The Bertz CT molecular complexity index is 2430. The van der Waals surface area contributed by atoms with Gasteiger partial charge in [0.2, 0.25) is 0 Å². The fourth-order valence-corrected chi connectivity index (χ4v) is 8.01. The van der Waals surface area contributed by atoms with Crippen LogP contribution in [-0.4, -0.2) is 31.2 Å². The molecule has 0 radical (unpaired) electrons. The van der Waals surface area contributed by atoms with Crippen LogP contribution in [0.2, 0.25) is 10.0 Å². The van der Waals surface area contributed by atoms with Gasteiger partial charge in [-0.05, 0) is 159 Å². The molecule has 1 aliphatic rings. The molecule has 4 aromatic carbocycles. The Balaban J connectivity index is 0.994. The normalized spacial score (nSPS) is 16.2. The van der Waals surface area contributed by atoms with Crippen LogP contribution in [-0.2, 0) is 25.9 Å². The average Bonchev–Trinajstić information content (AvgIpc) is 3.92. The van der Waals surface area contributed by atoms with Crippen molar-refractivity contribution in [2.45, 2.75) is 85.0 Å². The van der Waals surface area contributed by atoms with Crippen molar-refractivity contribution in [2.75, 3.05) is 0 Å². The molecule has 0 saturated carbocycles. The molecule has 6 nitrogen and oxygen atoms in total. The number of hydrogen-bond donors (Lipinski definition) is 1. The summed E-state index contributed by atoms with van der Waals surface area (Å²) in [6, 6.07) is 28.2. The number of aromatic nitrogens is 4. The molecule has 53 heavy (non-hydrogen) atoms. The largest absolute Gasteiger partial charge is 0.465 e. The van der Waals surface area contributed by atoms with Crippen LogP contribution < -0.4 is 5.32 Å². The van der Waals surface area contributed by atoms with Crippen LogP contribution in [0.5, 0.6) is 0 Å². The Morgan fingerprint density at radius 1 is 0.698 bits per heavy atom. The van der Waals surface area contributed by atoms with E-state index >= 15 is 0 Å². The van der Waals surface area contributed by atoms with Crippen LogP contribution in [0.25, 0.3) is 34.2 Å². The van der Waals surface area contributed by atoms with Gasteiger partial charge in [-0.15, -0.1) is 0 Å². The molecule has 0 spiro atoms. The van der Waals surface area contributed by atoms with Crippen molar-refractivity contribution in [3.05, 3.63) is 152 Å². The summed E-state index contributed by atoms with van der Waals surface area (Å²) in [5.74, 6) is 2.89. The molecule has 8 heteroatoms. The number of nitrogens with one attached hydrogen (secondary N) is 1. The van der Waals surface area contributed by atoms with Gasteiger partial charge in [0.1, 0.15) is 17.4 Å². The maximum Gasteiger partial charge on any atom is 0.134 e. The number of halogens is 2. The quantitative estimate of drug-likeness (QED) is 0.143. The predicted octanol–water partition coefficient (Wildman–Crippen LogP) is 11.1. The second-order valence-corrected chi connectivity index (χ2v) is 15.7. The van der Waals surface area contributed by atoms with E-state index in [-0.39, 0.29) is 0 Å². The van der Waals surface area contributed by atoms with Crippen molar-refractivity contribution in [3.8, 4) is 0 Å². The van der Waals surface area contributed by atoms with Gasteiger partial charge in [0, 0.05) is 41.6 Å². The second kappa shape index (κ2) is 15.0. The fraction of sp³-hybridized carbons (Fsp3) is 0.289. The number of aryl methyl sites for hydroxylation is 5. The van der Waals surface area contributed by atoms with Crippen LogP contribution in [0.3, 0.4) is 0 Å². The molecule has 3 aromatic heterocycles. The van der Waals surface area contributed by atoms with Gasteiger partial charge >= 0.3 is 0 Å². The highest BCUT2D eigenvalue weighted by atomic mass is 35.5. The summed E-state index contributed by atoms with van der Waals surface area (Å²) in [6.07, 6.45) is 11.1. The van der Waals surface area contributed by atoms with Gasteiger partial charge in [0.15, 0.2) is 0 Å². The summed E-state index contributed by atoms with van der Waals surface area (Å²) >= 11 is 12.4. The van der Waals surface area contributed by atoms with Crippen molar-refractivity contribution in [3.63, 3.8) is 0 Å². The minimum atomic E-state index is 0.423. The number of furan rings is 1.